The van der Waals surface area contributed by atoms with Crippen LogP contribution in [0.15, 0.2) is 42.6 Å². The molecule has 0 aliphatic rings. The van der Waals surface area contributed by atoms with Crippen molar-refractivity contribution in [1.29, 1.82) is 5.41 Å². The molecular weight excluding hydrogens is 332 g/mol. The lowest BCUT2D eigenvalue weighted by Gasteiger charge is -2.15. The minimum atomic E-state index is -0.833. The van der Waals surface area contributed by atoms with Gasteiger partial charge in [0.25, 0.3) is 5.97 Å². The van der Waals surface area contributed by atoms with Crippen LogP contribution in [0.25, 0.3) is 0 Å². The van der Waals surface area contributed by atoms with Crippen LogP contribution < -0.4 is 15.4 Å². The summed E-state index contributed by atoms with van der Waals surface area (Å²) < 4.78 is 5.77. The van der Waals surface area contributed by atoms with Crippen LogP contribution >= 0.6 is 0 Å². The predicted molar refractivity (Wildman–Crippen MR) is 103 cm³/mol. The zero-order chi connectivity index (χ0) is 19.5. The van der Waals surface area contributed by atoms with Crippen molar-refractivity contribution in [3.05, 3.63) is 53.7 Å². The first-order valence-corrected chi connectivity index (χ1v) is 8.24. The van der Waals surface area contributed by atoms with E-state index in [1.807, 2.05) is 57.2 Å². The summed E-state index contributed by atoms with van der Waals surface area (Å²) in [5.74, 6) is 0.858. The van der Waals surface area contributed by atoms with Crippen molar-refractivity contribution in [3.63, 3.8) is 0 Å². The lowest BCUT2D eigenvalue weighted by molar-refractivity contribution is -0.134. The fourth-order valence-electron chi connectivity index (χ4n) is 1.92. The number of carboxylic acids is 1. The molecule has 1 aromatic heterocycles. The van der Waals surface area contributed by atoms with E-state index in [1.54, 1.807) is 6.20 Å². The van der Waals surface area contributed by atoms with Gasteiger partial charge in [0.15, 0.2) is 5.96 Å². The van der Waals surface area contributed by atoms with Gasteiger partial charge in [-0.25, -0.2) is 4.98 Å². The standard InChI is InChI=1S/C17H22N4O.C2H4O2/c1-12(2)22-15-7-5-4-6-14(15)11-20-17(18)21-16-9-8-13(3)10-19-16;1-2(3)4/h4-10,12H,11H2,1-3H3,(H3,18,19,20,21);1H3,(H,3,4). The number of rotatable bonds is 5. The maximum atomic E-state index is 9.00. The summed E-state index contributed by atoms with van der Waals surface area (Å²) in [6.45, 7) is 7.57. The molecule has 1 heterocycles. The Morgan fingerprint density at radius 1 is 1.27 bits per heavy atom. The Kier molecular flexibility index (Phi) is 8.63. The molecule has 1 aromatic carbocycles. The van der Waals surface area contributed by atoms with Crippen LogP contribution in [0.1, 0.15) is 31.9 Å². The summed E-state index contributed by atoms with van der Waals surface area (Å²) in [6.07, 6.45) is 1.89. The molecule has 0 bridgehead atoms. The van der Waals surface area contributed by atoms with Gasteiger partial charge in [0.2, 0.25) is 0 Å². The van der Waals surface area contributed by atoms with E-state index in [1.165, 1.54) is 0 Å². The third kappa shape index (κ3) is 8.68. The summed E-state index contributed by atoms with van der Waals surface area (Å²) >= 11 is 0. The zero-order valence-electron chi connectivity index (χ0n) is 15.5. The fraction of sp³-hybridized carbons (Fsp3) is 0.316. The molecule has 0 saturated heterocycles. The van der Waals surface area contributed by atoms with Gasteiger partial charge in [-0.05, 0) is 38.5 Å². The lowest BCUT2D eigenvalue weighted by atomic mass is 10.2. The van der Waals surface area contributed by atoms with Crippen LogP contribution in [0.3, 0.4) is 0 Å². The van der Waals surface area contributed by atoms with Gasteiger partial charge in [-0.2, -0.15) is 0 Å². The molecule has 0 spiro atoms. The summed E-state index contributed by atoms with van der Waals surface area (Å²) in [4.78, 5) is 13.2. The second-order valence-electron chi connectivity index (χ2n) is 5.87. The molecule has 0 aliphatic carbocycles. The number of ether oxygens (including phenoxy) is 1. The van der Waals surface area contributed by atoms with Crippen molar-refractivity contribution in [2.24, 2.45) is 0 Å². The van der Waals surface area contributed by atoms with E-state index < -0.39 is 5.97 Å². The molecular formula is C19H26N4O3. The van der Waals surface area contributed by atoms with Crippen molar-refractivity contribution >= 4 is 17.7 Å². The smallest absolute Gasteiger partial charge is 0.300 e. The number of carbonyl (C=O) groups is 1. The molecule has 0 fully saturated rings. The number of aliphatic carboxylic acids is 1. The molecule has 0 aliphatic heterocycles. The summed E-state index contributed by atoms with van der Waals surface area (Å²) in [5.41, 5.74) is 2.10. The molecule has 0 unspecified atom stereocenters. The minimum absolute atomic E-state index is 0.121. The van der Waals surface area contributed by atoms with E-state index in [2.05, 4.69) is 15.6 Å². The first-order valence-electron chi connectivity index (χ1n) is 8.24. The van der Waals surface area contributed by atoms with Crippen LogP contribution in [0.5, 0.6) is 5.75 Å². The zero-order valence-corrected chi connectivity index (χ0v) is 15.5. The first kappa shape index (κ1) is 21.0. The summed E-state index contributed by atoms with van der Waals surface area (Å²) in [6, 6.07) is 11.6. The average Bonchev–Trinajstić information content (AvgIpc) is 2.55. The number of benzene rings is 1. The number of aryl methyl sites for hydroxylation is 1. The Hall–Kier alpha value is -3.09. The Morgan fingerprint density at radius 3 is 2.50 bits per heavy atom. The highest BCUT2D eigenvalue weighted by Gasteiger charge is 2.06. The molecule has 26 heavy (non-hydrogen) atoms. The van der Waals surface area contributed by atoms with Gasteiger partial charge in [0, 0.05) is 25.2 Å². The van der Waals surface area contributed by atoms with E-state index in [9.17, 15) is 0 Å². The van der Waals surface area contributed by atoms with Gasteiger partial charge in [-0.1, -0.05) is 24.3 Å². The summed E-state index contributed by atoms with van der Waals surface area (Å²) in [7, 11) is 0. The van der Waals surface area contributed by atoms with Crippen LogP contribution in [0.4, 0.5) is 5.82 Å². The Balaban J connectivity index is 0.000000765. The summed E-state index contributed by atoms with van der Waals surface area (Å²) in [5, 5.41) is 21.3. The Morgan fingerprint density at radius 2 is 1.92 bits per heavy atom. The largest absolute Gasteiger partial charge is 0.491 e. The first-order chi connectivity index (χ1) is 12.3. The van der Waals surface area contributed by atoms with Crippen molar-refractivity contribution in [3.8, 4) is 5.75 Å². The monoisotopic (exact) mass is 358 g/mol. The highest BCUT2D eigenvalue weighted by Crippen LogP contribution is 2.19. The number of hydrogen-bond acceptors (Lipinski definition) is 4. The van der Waals surface area contributed by atoms with Crippen LogP contribution in [-0.2, 0) is 11.3 Å². The molecule has 0 radical (unpaired) electrons. The second-order valence-corrected chi connectivity index (χ2v) is 5.87. The third-order valence-electron chi connectivity index (χ3n) is 2.96. The molecule has 4 N–H and O–H groups in total. The number of guanidine groups is 1. The number of hydrogen-bond donors (Lipinski definition) is 4. The Bertz CT molecular complexity index is 711. The van der Waals surface area contributed by atoms with Crippen molar-refractivity contribution < 1.29 is 14.6 Å². The quantitative estimate of drug-likeness (QED) is 0.482. The van der Waals surface area contributed by atoms with Crippen molar-refractivity contribution in [1.82, 2.24) is 10.3 Å². The molecule has 7 nitrogen and oxygen atoms in total. The van der Waals surface area contributed by atoms with Gasteiger partial charge < -0.3 is 20.5 Å². The van der Waals surface area contributed by atoms with E-state index in [0.717, 1.165) is 23.8 Å². The van der Waals surface area contributed by atoms with Crippen molar-refractivity contribution in [2.75, 3.05) is 5.32 Å². The molecule has 2 rings (SSSR count). The number of nitrogens with one attached hydrogen (secondary N) is 3. The minimum Gasteiger partial charge on any atom is -0.491 e. The highest BCUT2D eigenvalue weighted by molar-refractivity contribution is 5.90. The van der Waals surface area contributed by atoms with E-state index in [-0.39, 0.29) is 12.1 Å². The molecule has 7 heteroatoms. The number of para-hydroxylation sites is 1. The third-order valence-corrected chi connectivity index (χ3v) is 2.96. The number of nitrogens with zero attached hydrogens (tertiary/aromatic N) is 1. The SMILES string of the molecule is CC(=O)O.Cc1ccc(NC(=N)NCc2ccccc2OC(C)C)nc1. The van der Waals surface area contributed by atoms with E-state index in [4.69, 9.17) is 20.0 Å². The number of aromatic nitrogens is 1. The highest BCUT2D eigenvalue weighted by atomic mass is 16.5. The topological polar surface area (TPSA) is 107 Å². The number of carboxylic acid groups (broad SMARTS) is 1. The van der Waals surface area contributed by atoms with E-state index >= 15 is 0 Å². The van der Waals surface area contributed by atoms with Gasteiger partial charge in [-0.3, -0.25) is 10.2 Å². The number of pyridine rings is 1. The van der Waals surface area contributed by atoms with Gasteiger partial charge >= 0.3 is 0 Å². The maximum absolute atomic E-state index is 9.00. The lowest BCUT2D eigenvalue weighted by Crippen LogP contribution is -2.29. The van der Waals surface area contributed by atoms with Gasteiger partial charge in [0.05, 0.1) is 6.10 Å². The van der Waals surface area contributed by atoms with E-state index in [0.29, 0.717) is 12.4 Å². The van der Waals surface area contributed by atoms with Gasteiger partial charge in [0.1, 0.15) is 11.6 Å². The molecule has 0 amide bonds. The van der Waals surface area contributed by atoms with Crippen molar-refractivity contribution in [2.45, 2.75) is 40.3 Å². The molecule has 140 valence electrons. The van der Waals surface area contributed by atoms with Crippen LogP contribution in [-0.4, -0.2) is 28.1 Å². The molecule has 0 atom stereocenters. The molecule has 2 aromatic rings. The fourth-order valence-corrected chi connectivity index (χ4v) is 1.92. The second kappa shape index (κ2) is 10.7. The molecule has 0 saturated carbocycles. The van der Waals surface area contributed by atoms with Crippen LogP contribution in [0.2, 0.25) is 0 Å². The number of anilines is 1. The Labute approximate surface area is 153 Å². The van der Waals surface area contributed by atoms with Crippen LogP contribution in [0, 0.1) is 12.3 Å². The normalized spacial score (nSPS) is 9.73. The average molecular weight is 358 g/mol. The maximum Gasteiger partial charge on any atom is 0.300 e. The predicted octanol–water partition coefficient (Wildman–Crippen LogP) is 3.40. The van der Waals surface area contributed by atoms with Gasteiger partial charge in [-0.15, -0.1) is 0 Å².